The van der Waals surface area contributed by atoms with E-state index in [-0.39, 0.29) is 12.1 Å². The van der Waals surface area contributed by atoms with E-state index in [0.717, 1.165) is 37.8 Å². The highest BCUT2D eigenvalue weighted by molar-refractivity contribution is 5.89. The van der Waals surface area contributed by atoms with Gasteiger partial charge in [0, 0.05) is 12.1 Å². The van der Waals surface area contributed by atoms with Crippen LogP contribution < -0.4 is 10.6 Å². The van der Waals surface area contributed by atoms with Crippen LogP contribution in [0.5, 0.6) is 0 Å². The van der Waals surface area contributed by atoms with Gasteiger partial charge in [-0.25, -0.2) is 13.6 Å². The zero-order valence-electron chi connectivity index (χ0n) is 12.8. The fraction of sp³-hybridized carbons (Fsp3) is 0.471. The second kappa shape index (κ2) is 7.42. The third-order valence-electron chi connectivity index (χ3n) is 4.06. The Morgan fingerprint density at radius 2 is 1.78 bits per heavy atom. The molecule has 3 N–H and O–H groups in total. The van der Waals surface area contributed by atoms with Gasteiger partial charge in [0.05, 0.1) is 5.60 Å². The Balaban J connectivity index is 1.96. The molecule has 4 nitrogen and oxygen atoms in total. The number of anilines is 1. The Morgan fingerprint density at radius 1 is 1.22 bits per heavy atom. The molecule has 0 spiro atoms. The zero-order chi connectivity index (χ0) is 16.9. The zero-order valence-corrected chi connectivity index (χ0v) is 12.8. The number of hydrogen-bond donors (Lipinski definition) is 3. The summed E-state index contributed by atoms with van der Waals surface area (Å²) in [6.45, 7) is 0.0461. The lowest BCUT2D eigenvalue weighted by molar-refractivity contribution is 0.0281. The van der Waals surface area contributed by atoms with E-state index in [2.05, 4.69) is 16.6 Å². The lowest BCUT2D eigenvalue weighted by Crippen LogP contribution is -2.44. The summed E-state index contributed by atoms with van der Waals surface area (Å²) in [5.41, 5.74) is -1.47. The number of carbonyl (C=O) groups is 1. The summed E-state index contributed by atoms with van der Waals surface area (Å²) in [7, 11) is 0. The van der Waals surface area contributed by atoms with Crippen LogP contribution in [0.15, 0.2) is 12.1 Å². The van der Waals surface area contributed by atoms with Crippen LogP contribution in [0.25, 0.3) is 0 Å². The summed E-state index contributed by atoms with van der Waals surface area (Å²) in [5, 5.41) is 15.0. The van der Waals surface area contributed by atoms with Crippen LogP contribution in [-0.2, 0) is 0 Å². The average molecular weight is 322 g/mol. The molecule has 0 saturated heterocycles. The number of urea groups is 1. The highest BCUT2D eigenvalue weighted by Crippen LogP contribution is 2.26. The summed E-state index contributed by atoms with van der Waals surface area (Å²) in [6.07, 6.45) is 10.2. The average Bonchev–Trinajstić information content (AvgIpc) is 2.74. The monoisotopic (exact) mass is 322 g/mol. The Kier molecular flexibility index (Phi) is 5.56. The maximum Gasteiger partial charge on any atom is 0.319 e. The lowest BCUT2D eigenvalue weighted by Gasteiger charge is -2.26. The van der Waals surface area contributed by atoms with Crippen LogP contribution in [0.3, 0.4) is 0 Å². The van der Waals surface area contributed by atoms with Gasteiger partial charge >= 0.3 is 6.03 Å². The molecule has 1 aliphatic rings. The van der Waals surface area contributed by atoms with E-state index in [4.69, 9.17) is 6.42 Å². The van der Waals surface area contributed by atoms with Gasteiger partial charge in [-0.05, 0) is 25.0 Å². The van der Waals surface area contributed by atoms with Crippen LogP contribution in [0, 0.1) is 24.0 Å². The molecular formula is C17H20F2N2O2. The van der Waals surface area contributed by atoms with E-state index >= 15 is 0 Å². The van der Waals surface area contributed by atoms with E-state index in [0.29, 0.717) is 12.8 Å². The molecular weight excluding hydrogens is 302 g/mol. The van der Waals surface area contributed by atoms with Crippen molar-refractivity contribution in [1.82, 2.24) is 5.32 Å². The summed E-state index contributed by atoms with van der Waals surface area (Å²) >= 11 is 0. The normalized spacial score (nSPS) is 17.0. The molecule has 2 rings (SSSR count). The third-order valence-corrected chi connectivity index (χ3v) is 4.06. The first kappa shape index (κ1) is 17.2. The third kappa shape index (κ3) is 4.67. The molecule has 0 aromatic heterocycles. The molecule has 0 radical (unpaired) electrons. The minimum absolute atomic E-state index is 0.0461. The molecule has 0 aliphatic heterocycles. The van der Waals surface area contributed by atoms with E-state index in [1.807, 2.05) is 0 Å². The van der Waals surface area contributed by atoms with Crippen molar-refractivity contribution in [1.29, 1.82) is 0 Å². The second-order valence-corrected chi connectivity index (χ2v) is 5.91. The van der Waals surface area contributed by atoms with Gasteiger partial charge in [0.15, 0.2) is 11.6 Å². The molecule has 1 saturated carbocycles. The van der Waals surface area contributed by atoms with Crippen LogP contribution >= 0.6 is 0 Å². The molecule has 1 aliphatic carbocycles. The number of terminal acetylenes is 1. The topological polar surface area (TPSA) is 61.4 Å². The Bertz CT molecular complexity index is 595. The first-order valence-electron chi connectivity index (χ1n) is 7.66. The molecule has 6 heteroatoms. The Labute approximate surface area is 134 Å². The minimum Gasteiger partial charge on any atom is -0.388 e. The van der Waals surface area contributed by atoms with E-state index in [1.54, 1.807) is 0 Å². The summed E-state index contributed by atoms with van der Waals surface area (Å²) in [5.74, 6) is 0.240. The van der Waals surface area contributed by atoms with Gasteiger partial charge in [0.25, 0.3) is 0 Å². The molecule has 0 bridgehead atoms. The highest BCUT2D eigenvalue weighted by atomic mass is 19.1. The predicted molar refractivity (Wildman–Crippen MR) is 84.0 cm³/mol. The number of amides is 2. The molecule has 0 heterocycles. The van der Waals surface area contributed by atoms with Gasteiger partial charge in [-0.15, -0.1) is 6.42 Å². The van der Waals surface area contributed by atoms with Crippen LogP contribution in [-0.4, -0.2) is 23.3 Å². The number of benzene rings is 1. The largest absolute Gasteiger partial charge is 0.388 e. The lowest BCUT2D eigenvalue weighted by atomic mass is 9.95. The maximum atomic E-state index is 13.8. The van der Waals surface area contributed by atoms with Crippen LogP contribution in [0.1, 0.15) is 44.1 Å². The fourth-order valence-electron chi connectivity index (χ4n) is 2.74. The number of hydrogen-bond acceptors (Lipinski definition) is 2. The molecule has 1 fully saturated rings. The molecule has 0 atom stereocenters. The van der Waals surface area contributed by atoms with E-state index in [9.17, 15) is 18.7 Å². The van der Waals surface area contributed by atoms with E-state index in [1.165, 1.54) is 0 Å². The smallest absolute Gasteiger partial charge is 0.319 e. The molecule has 0 unspecified atom stereocenters. The predicted octanol–water partition coefficient (Wildman–Crippen LogP) is 3.15. The van der Waals surface area contributed by atoms with Gasteiger partial charge in [0.1, 0.15) is 5.69 Å². The fourth-order valence-corrected chi connectivity index (χ4v) is 2.74. The highest BCUT2D eigenvalue weighted by Gasteiger charge is 2.28. The molecule has 124 valence electrons. The number of carbonyl (C=O) groups excluding carboxylic acids is 1. The van der Waals surface area contributed by atoms with Crippen molar-refractivity contribution in [2.75, 3.05) is 11.9 Å². The van der Waals surface area contributed by atoms with Gasteiger partial charge < -0.3 is 15.7 Å². The molecule has 23 heavy (non-hydrogen) atoms. The Morgan fingerprint density at radius 3 is 2.30 bits per heavy atom. The number of aliphatic hydroxyl groups is 1. The maximum absolute atomic E-state index is 13.8. The number of rotatable bonds is 3. The molecule has 1 aromatic rings. The number of halogens is 2. The van der Waals surface area contributed by atoms with Crippen molar-refractivity contribution >= 4 is 11.7 Å². The summed E-state index contributed by atoms with van der Waals surface area (Å²) in [6, 6.07) is 1.17. The first-order chi connectivity index (χ1) is 10.9. The number of nitrogens with one attached hydrogen (secondary N) is 2. The molecule has 1 aromatic carbocycles. The van der Waals surface area contributed by atoms with Crippen molar-refractivity contribution in [3.63, 3.8) is 0 Å². The molecule has 2 amide bonds. The van der Waals surface area contributed by atoms with Crippen molar-refractivity contribution in [3.8, 4) is 12.3 Å². The summed E-state index contributed by atoms with van der Waals surface area (Å²) < 4.78 is 27.5. The first-order valence-corrected chi connectivity index (χ1v) is 7.66. The van der Waals surface area contributed by atoms with Gasteiger partial charge in [-0.1, -0.05) is 31.6 Å². The quantitative estimate of drug-likeness (QED) is 0.591. The van der Waals surface area contributed by atoms with Gasteiger partial charge in [0.2, 0.25) is 0 Å². The Hall–Kier alpha value is -2.13. The summed E-state index contributed by atoms with van der Waals surface area (Å²) in [4.78, 5) is 11.8. The van der Waals surface area contributed by atoms with Crippen molar-refractivity contribution in [2.45, 2.75) is 44.1 Å². The van der Waals surface area contributed by atoms with Crippen LogP contribution in [0.4, 0.5) is 19.3 Å². The van der Waals surface area contributed by atoms with E-state index < -0.39 is 29.0 Å². The second-order valence-electron chi connectivity index (χ2n) is 5.91. The standard InChI is InChI=1S/C17H20F2N2O2/c1-2-12-9-13(18)15(14(19)10-12)21-16(22)20-11-17(23)7-5-3-4-6-8-17/h1,9-10,23H,3-8,11H2,(H2,20,21,22). The SMILES string of the molecule is C#Cc1cc(F)c(NC(=O)NCC2(O)CCCCCC2)c(F)c1. The van der Waals surface area contributed by atoms with Crippen LogP contribution in [0.2, 0.25) is 0 Å². The minimum atomic E-state index is -0.960. The van der Waals surface area contributed by atoms with Gasteiger partial charge in [-0.2, -0.15) is 0 Å². The van der Waals surface area contributed by atoms with Crippen molar-refractivity contribution in [2.24, 2.45) is 0 Å². The van der Waals surface area contributed by atoms with Gasteiger partial charge in [-0.3, -0.25) is 0 Å². The van der Waals surface area contributed by atoms with Crippen molar-refractivity contribution < 1.29 is 18.7 Å². The van der Waals surface area contributed by atoms with Crippen molar-refractivity contribution in [3.05, 3.63) is 29.3 Å².